The second-order valence-electron chi connectivity index (χ2n) is 18.2. The fraction of sp³-hybridized carbons (Fsp3) is 0.167. The van der Waals surface area contributed by atoms with Gasteiger partial charge in [0.05, 0.1) is 0 Å². The molecule has 2 N–H and O–H groups in total. The molecule has 6 heteroatoms. The van der Waals surface area contributed by atoms with Crippen molar-refractivity contribution in [1.82, 2.24) is 9.80 Å². The number of hydrogen-bond acceptors (Lipinski definition) is 6. The Kier molecular flexibility index (Phi) is 10.9. The Morgan fingerprint density at radius 3 is 1.08 bits per heavy atom. The van der Waals surface area contributed by atoms with E-state index < -0.39 is 10.8 Å². The molecule has 0 fully saturated rings. The topological polar surface area (TPSA) is 81.1 Å². The van der Waals surface area contributed by atoms with Crippen molar-refractivity contribution >= 4 is 11.6 Å². The maximum atomic E-state index is 15.5. The summed E-state index contributed by atoms with van der Waals surface area (Å²) >= 11 is 0. The first-order chi connectivity index (χ1) is 32.0. The maximum Gasteiger partial charge on any atom is 0.182 e. The number of benzene rings is 8. The van der Waals surface area contributed by atoms with Gasteiger partial charge in [0.25, 0.3) is 0 Å². The maximum absolute atomic E-state index is 15.5. The molecule has 0 heterocycles. The molecule has 0 spiro atoms. The van der Waals surface area contributed by atoms with Crippen LogP contribution in [0, 0.1) is 13.8 Å². The molecule has 0 saturated heterocycles. The molecule has 8 aromatic carbocycles. The van der Waals surface area contributed by atoms with Gasteiger partial charge >= 0.3 is 0 Å². The SMILES string of the molecule is Cc1cc(CN(CCN(C)C)Cc2cc(C)cc(C3(C(=O)c4ccccc4)c4ccccc4-c4ccccc43)c2O)c(O)c(C2(C(=O)c3ccccc3)c3ccccc3-c3ccccc32)c1. The molecule has 66 heavy (non-hydrogen) atoms. The fourth-order valence-electron chi connectivity index (χ4n) is 11.0. The molecule has 0 radical (unpaired) electrons. The molecule has 10 rings (SSSR count). The highest BCUT2D eigenvalue weighted by Gasteiger charge is 2.53. The minimum atomic E-state index is -1.33. The summed E-state index contributed by atoms with van der Waals surface area (Å²) in [6.07, 6.45) is 0. The molecule has 6 nitrogen and oxygen atoms in total. The third-order valence-electron chi connectivity index (χ3n) is 13.8. The van der Waals surface area contributed by atoms with Gasteiger partial charge < -0.3 is 15.1 Å². The second kappa shape index (κ2) is 16.9. The number of phenolic OH excluding ortho intramolecular Hbond substituents is 2. The number of carbonyl (C=O) groups excluding carboxylic acids is 2. The van der Waals surface area contributed by atoms with Gasteiger partial charge in [0, 0.05) is 59.6 Å². The van der Waals surface area contributed by atoms with Crippen molar-refractivity contribution in [2.24, 2.45) is 0 Å². The monoisotopic (exact) mass is 864 g/mol. The van der Waals surface area contributed by atoms with Crippen LogP contribution in [0.4, 0.5) is 0 Å². The van der Waals surface area contributed by atoms with Crippen LogP contribution >= 0.6 is 0 Å². The summed E-state index contributed by atoms with van der Waals surface area (Å²) in [7, 11) is 4.06. The lowest BCUT2D eigenvalue weighted by atomic mass is 9.66. The van der Waals surface area contributed by atoms with Crippen LogP contribution in [0.15, 0.2) is 182 Å². The second-order valence-corrected chi connectivity index (χ2v) is 18.2. The van der Waals surface area contributed by atoms with E-state index in [0.29, 0.717) is 59.6 Å². The van der Waals surface area contributed by atoms with Gasteiger partial charge in [0.2, 0.25) is 0 Å². The van der Waals surface area contributed by atoms with E-state index in [1.165, 1.54) is 0 Å². The number of likely N-dealkylation sites (N-methyl/N-ethyl adjacent to an activating group) is 1. The lowest BCUT2D eigenvalue weighted by Gasteiger charge is -2.34. The van der Waals surface area contributed by atoms with Gasteiger partial charge in [-0.2, -0.15) is 0 Å². The van der Waals surface area contributed by atoms with Gasteiger partial charge in [-0.1, -0.05) is 193 Å². The summed E-state index contributed by atoms with van der Waals surface area (Å²) in [5.41, 5.74) is 9.91. The van der Waals surface area contributed by atoms with Crippen LogP contribution in [0.2, 0.25) is 0 Å². The van der Waals surface area contributed by atoms with Crippen LogP contribution in [0.5, 0.6) is 11.5 Å². The standard InChI is InChI=1S/C60H52N2O4/c1-39-33-43(55(63)53(35-39)59(57(65)41-19-7-5-8-20-41)49-27-15-11-23-45(49)46-24-12-16-28-50(46)59)37-62(32-31-61(3)4)38-44-34-40(2)36-54(56(44)64)60(58(66)42-21-9-6-10-22-42)51-29-17-13-25-47(51)48-26-14-18-30-52(48)60/h5-30,33-36,63-64H,31-32,37-38H2,1-4H3. The van der Waals surface area contributed by atoms with E-state index in [2.05, 4.69) is 34.1 Å². The first-order valence-corrected chi connectivity index (χ1v) is 22.7. The number of Topliss-reactive ketones (excluding diaryl/α,β-unsaturated/α-hetero) is 2. The number of phenols is 2. The first-order valence-electron chi connectivity index (χ1n) is 22.7. The largest absolute Gasteiger partial charge is 0.507 e. The number of nitrogens with zero attached hydrogens (tertiary/aromatic N) is 2. The Labute approximate surface area is 387 Å². The Balaban J connectivity index is 1.12. The summed E-state index contributed by atoms with van der Waals surface area (Å²) < 4.78 is 0. The van der Waals surface area contributed by atoms with Crippen LogP contribution in [-0.2, 0) is 23.9 Å². The van der Waals surface area contributed by atoms with Gasteiger partial charge in [-0.3, -0.25) is 14.5 Å². The smallest absolute Gasteiger partial charge is 0.182 e. The molecule has 326 valence electrons. The minimum Gasteiger partial charge on any atom is -0.507 e. The lowest BCUT2D eigenvalue weighted by molar-refractivity contribution is 0.0928. The summed E-state index contributed by atoms with van der Waals surface area (Å²) in [6.45, 7) is 5.96. The van der Waals surface area contributed by atoms with Gasteiger partial charge in [0.1, 0.15) is 22.3 Å². The highest BCUT2D eigenvalue weighted by Crippen LogP contribution is 2.58. The zero-order valence-corrected chi connectivity index (χ0v) is 37.8. The molecule has 0 unspecified atom stereocenters. The van der Waals surface area contributed by atoms with Gasteiger partial charge in [0.15, 0.2) is 11.6 Å². The minimum absolute atomic E-state index is 0.0620. The molecule has 0 aliphatic heterocycles. The Hall–Kier alpha value is -7.38. The average molecular weight is 865 g/mol. The van der Waals surface area contributed by atoms with Crippen LogP contribution in [0.25, 0.3) is 22.3 Å². The zero-order valence-electron chi connectivity index (χ0n) is 37.8. The highest BCUT2D eigenvalue weighted by molar-refractivity contribution is 6.15. The molecule has 2 aliphatic rings. The molecular formula is C60H52N2O4. The van der Waals surface area contributed by atoms with Crippen LogP contribution in [0.3, 0.4) is 0 Å². The van der Waals surface area contributed by atoms with E-state index in [-0.39, 0.29) is 23.1 Å². The lowest BCUT2D eigenvalue weighted by Crippen LogP contribution is -2.38. The summed E-state index contributed by atoms with van der Waals surface area (Å²) in [5, 5.41) is 25.8. The number of aromatic hydroxyl groups is 2. The molecular weight excluding hydrogens is 813 g/mol. The third-order valence-corrected chi connectivity index (χ3v) is 13.8. The first kappa shape index (κ1) is 42.6. The number of aryl methyl sites for hydroxylation is 2. The fourth-order valence-corrected chi connectivity index (χ4v) is 11.0. The average Bonchev–Trinajstić information content (AvgIpc) is 3.81. The summed E-state index contributed by atoms with van der Waals surface area (Å²) in [4.78, 5) is 35.3. The number of ketones is 2. The highest BCUT2D eigenvalue weighted by atomic mass is 16.3. The third kappa shape index (κ3) is 6.71. The van der Waals surface area contributed by atoms with E-state index in [1.54, 1.807) is 0 Å². The van der Waals surface area contributed by atoms with Crippen LogP contribution in [0.1, 0.15) is 76.4 Å². The van der Waals surface area contributed by atoms with Crippen LogP contribution < -0.4 is 0 Å². The van der Waals surface area contributed by atoms with E-state index >= 15 is 9.59 Å². The summed E-state index contributed by atoms with van der Waals surface area (Å²) in [6, 6.07) is 59.0. The van der Waals surface area contributed by atoms with Crippen molar-refractivity contribution < 1.29 is 19.8 Å². The van der Waals surface area contributed by atoms with Crippen LogP contribution in [-0.4, -0.2) is 58.8 Å². The van der Waals surface area contributed by atoms with Crippen molar-refractivity contribution in [3.05, 3.63) is 249 Å². The number of hydrogen-bond donors (Lipinski definition) is 2. The zero-order chi connectivity index (χ0) is 45.7. The van der Waals surface area contributed by atoms with Crippen molar-refractivity contribution in [3.63, 3.8) is 0 Å². The molecule has 8 aromatic rings. The molecule has 0 atom stereocenters. The number of fused-ring (bicyclic) bond motifs is 6. The van der Waals surface area contributed by atoms with E-state index in [0.717, 1.165) is 55.6 Å². The van der Waals surface area contributed by atoms with Crippen molar-refractivity contribution in [2.45, 2.75) is 37.8 Å². The van der Waals surface area contributed by atoms with Crippen molar-refractivity contribution in [1.29, 1.82) is 0 Å². The van der Waals surface area contributed by atoms with E-state index in [4.69, 9.17) is 0 Å². The molecule has 0 amide bonds. The van der Waals surface area contributed by atoms with Crippen molar-refractivity contribution in [2.75, 3.05) is 27.2 Å². The normalized spacial score (nSPS) is 13.8. The van der Waals surface area contributed by atoms with Gasteiger partial charge in [-0.05, 0) is 72.5 Å². The predicted octanol–water partition coefficient (Wildman–Crippen LogP) is 11.7. The summed E-state index contributed by atoms with van der Waals surface area (Å²) in [5.74, 6) is -0.0925. The Morgan fingerprint density at radius 1 is 0.424 bits per heavy atom. The molecule has 0 bridgehead atoms. The van der Waals surface area contributed by atoms with Crippen molar-refractivity contribution in [3.8, 4) is 33.8 Å². The van der Waals surface area contributed by atoms with Gasteiger partial charge in [-0.25, -0.2) is 0 Å². The van der Waals surface area contributed by atoms with E-state index in [9.17, 15) is 10.2 Å². The molecule has 0 aromatic heterocycles. The van der Waals surface area contributed by atoms with E-state index in [1.807, 2.05) is 186 Å². The molecule has 0 saturated carbocycles. The number of carbonyl (C=O) groups is 2. The molecule has 2 aliphatic carbocycles. The Bertz CT molecular complexity index is 2870. The quantitative estimate of drug-likeness (QED) is 0.112. The number of rotatable bonds is 13. The van der Waals surface area contributed by atoms with Gasteiger partial charge in [-0.15, -0.1) is 0 Å². The predicted molar refractivity (Wildman–Crippen MR) is 263 cm³/mol. The Morgan fingerprint density at radius 2 is 0.742 bits per heavy atom.